The van der Waals surface area contributed by atoms with E-state index in [4.69, 9.17) is 0 Å². The number of amides is 1. The van der Waals surface area contributed by atoms with Crippen molar-refractivity contribution in [3.63, 3.8) is 0 Å². The van der Waals surface area contributed by atoms with Gasteiger partial charge in [-0.05, 0) is 13.0 Å². The van der Waals surface area contributed by atoms with E-state index >= 15 is 0 Å². The lowest BCUT2D eigenvalue weighted by atomic mass is 10.3. The standard InChI is InChI=1S/C8H15F3N2O/c1-12-7(14)3-6-13-5-2-4-8(9,10)11/h13H,2-6H2,1H3,(H,12,14). The molecule has 3 nitrogen and oxygen atoms in total. The Bertz CT molecular complexity index is 170. The van der Waals surface area contributed by atoms with Crippen LogP contribution in [0.1, 0.15) is 19.3 Å². The Hall–Kier alpha value is -0.780. The molecule has 0 radical (unpaired) electrons. The first-order valence-corrected chi connectivity index (χ1v) is 4.44. The number of hydrogen-bond donors (Lipinski definition) is 2. The second-order valence-electron chi connectivity index (χ2n) is 2.89. The van der Waals surface area contributed by atoms with Crippen molar-refractivity contribution in [1.29, 1.82) is 0 Å². The van der Waals surface area contributed by atoms with Gasteiger partial charge in [0.25, 0.3) is 0 Å². The predicted octanol–water partition coefficient (Wildman–Crippen LogP) is 1.05. The Kier molecular flexibility index (Phi) is 6.27. The van der Waals surface area contributed by atoms with Gasteiger partial charge in [0.2, 0.25) is 5.91 Å². The fourth-order valence-corrected chi connectivity index (χ4v) is 0.866. The van der Waals surface area contributed by atoms with Gasteiger partial charge in [-0.15, -0.1) is 0 Å². The van der Waals surface area contributed by atoms with Crippen molar-refractivity contribution < 1.29 is 18.0 Å². The monoisotopic (exact) mass is 212 g/mol. The highest BCUT2D eigenvalue weighted by molar-refractivity contribution is 5.75. The lowest BCUT2D eigenvalue weighted by Gasteiger charge is -2.06. The minimum atomic E-state index is -4.08. The molecule has 0 fully saturated rings. The van der Waals surface area contributed by atoms with Crippen molar-refractivity contribution >= 4 is 5.91 Å². The Balaban J connectivity index is 3.18. The maximum Gasteiger partial charge on any atom is 0.389 e. The van der Waals surface area contributed by atoms with Crippen LogP contribution in [0, 0.1) is 0 Å². The van der Waals surface area contributed by atoms with E-state index in [0.717, 1.165) is 0 Å². The first kappa shape index (κ1) is 13.2. The fraction of sp³-hybridized carbons (Fsp3) is 0.875. The van der Waals surface area contributed by atoms with Gasteiger partial charge >= 0.3 is 6.18 Å². The third-order valence-electron chi connectivity index (χ3n) is 1.62. The molecule has 0 unspecified atom stereocenters. The molecule has 6 heteroatoms. The molecule has 84 valence electrons. The molecule has 0 heterocycles. The minimum absolute atomic E-state index is 0.0528. The van der Waals surface area contributed by atoms with Gasteiger partial charge in [-0.2, -0.15) is 13.2 Å². The summed E-state index contributed by atoms with van der Waals surface area (Å²) in [7, 11) is 1.52. The number of nitrogens with one attached hydrogen (secondary N) is 2. The van der Waals surface area contributed by atoms with Crippen LogP contribution in [0.5, 0.6) is 0 Å². The Morgan fingerprint density at radius 3 is 2.43 bits per heavy atom. The Morgan fingerprint density at radius 2 is 1.93 bits per heavy atom. The van der Waals surface area contributed by atoms with Crippen LogP contribution in [-0.2, 0) is 4.79 Å². The summed E-state index contributed by atoms with van der Waals surface area (Å²) in [5.41, 5.74) is 0. The smallest absolute Gasteiger partial charge is 0.359 e. The summed E-state index contributed by atoms with van der Waals surface area (Å²) in [6.07, 6.45) is -4.51. The summed E-state index contributed by atoms with van der Waals surface area (Å²) >= 11 is 0. The van der Waals surface area contributed by atoms with Crippen LogP contribution in [0.4, 0.5) is 13.2 Å². The molecular formula is C8H15F3N2O. The lowest BCUT2D eigenvalue weighted by Crippen LogP contribution is -2.25. The number of carbonyl (C=O) groups excluding carboxylic acids is 1. The summed E-state index contributed by atoms with van der Waals surface area (Å²) in [5.74, 6) is -0.117. The number of rotatable bonds is 6. The Labute approximate surface area is 81.1 Å². The van der Waals surface area contributed by atoms with Gasteiger partial charge in [-0.1, -0.05) is 0 Å². The van der Waals surface area contributed by atoms with E-state index in [-0.39, 0.29) is 18.9 Å². The topological polar surface area (TPSA) is 41.1 Å². The highest BCUT2D eigenvalue weighted by Gasteiger charge is 2.25. The van der Waals surface area contributed by atoms with Gasteiger partial charge in [0.15, 0.2) is 0 Å². The van der Waals surface area contributed by atoms with Crippen molar-refractivity contribution in [1.82, 2.24) is 10.6 Å². The summed E-state index contributed by atoms with van der Waals surface area (Å²) in [4.78, 5) is 10.7. The van der Waals surface area contributed by atoms with Crippen LogP contribution < -0.4 is 10.6 Å². The highest BCUT2D eigenvalue weighted by Crippen LogP contribution is 2.20. The molecule has 0 rings (SSSR count). The van der Waals surface area contributed by atoms with Crippen molar-refractivity contribution in [3.05, 3.63) is 0 Å². The van der Waals surface area contributed by atoms with E-state index in [1.165, 1.54) is 7.05 Å². The molecular weight excluding hydrogens is 197 g/mol. The number of hydrogen-bond acceptors (Lipinski definition) is 2. The van der Waals surface area contributed by atoms with Gasteiger partial charge in [0.05, 0.1) is 0 Å². The summed E-state index contributed by atoms with van der Waals surface area (Å²) < 4.78 is 35.0. The highest BCUT2D eigenvalue weighted by atomic mass is 19.4. The van der Waals surface area contributed by atoms with Gasteiger partial charge < -0.3 is 10.6 Å². The van der Waals surface area contributed by atoms with E-state index < -0.39 is 12.6 Å². The van der Waals surface area contributed by atoms with Gasteiger partial charge in [-0.3, -0.25) is 4.79 Å². The third kappa shape index (κ3) is 9.31. The van der Waals surface area contributed by atoms with Crippen molar-refractivity contribution in [2.45, 2.75) is 25.4 Å². The molecule has 0 atom stereocenters. The van der Waals surface area contributed by atoms with E-state index in [9.17, 15) is 18.0 Å². The summed E-state index contributed by atoms with van der Waals surface area (Å²) in [6.45, 7) is 0.702. The van der Waals surface area contributed by atoms with Crippen LogP contribution >= 0.6 is 0 Å². The quantitative estimate of drug-likeness (QED) is 0.646. The SMILES string of the molecule is CNC(=O)CCNCCCC(F)(F)F. The minimum Gasteiger partial charge on any atom is -0.359 e. The summed E-state index contributed by atoms with van der Waals surface area (Å²) in [5, 5.41) is 5.18. The van der Waals surface area contributed by atoms with Crippen molar-refractivity contribution in [2.75, 3.05) is 20.1 Å². The first-order valence-electron chi connectivity index (χ1n) is 4.44. The predicted molar refractivity (Wildman–Crippen MR) is 46.8 cm³/mol. The van der Waals surface area contributed by atoms with Gasteiger partial charge in [-0.25, -0.2) is 0 Å². The van der Waals surface area contributed by atoms with Crippen LogP contribution in [0.3, 0.4) is 0 Å². The number of alkyl halides is 3. The van der Waals surface area contributed by atoms with E-state index in [0.29, 0.717) is 13.0 Å². The van der Waals surface area contributed by atoms with Crippen molar-refractivity contribution in [3.8, 4) is 0 Å². The maximum absolute atomic E-state index is 11.7. The molecule has 0 saturated heterocycles. The van der Waals surface area contributed by atoms with Crippen LogP contribution in [0.15, 0.2) is 0 Å². The molecule has 0 aromatic carbocycles. The van der Waals surface area contributed by atoms with Crippen LogP contribution in [0.2, 0.25) is 0 Å². The average molecular weight is 212 g/mol. The summed E-state index contributed by atoms with van der Waals surface area (Å²) in [6, 6.07) is 0. The third-order valence-corrected chi connectivity index (χ3v) is 1.62. The first-order chi connectivity index (χ1) is 6.45. The molecule has 0 aromatic heterocycles. The molecule has 0 bridgehead atoms. The second kappa shape index (κ2) is 6.64. The van der Waals surface area contributed by atoms with Gasteiger partial charge in [0, 0.05) is 26.4 Å². The normalized spacial score (nSPS) is 11.4. The van der Waals surface area contributed by atoms with Gasteiger partial charge in [0.1, 0.15) is 0 Å². The van der Waals surface area contributed by atoms with Crippen LogP contribution in [-0.4, -0.2) is 32.2 Å². The van der Waals surface area contributed by atoms with Crippen molar-refractivity contribution in [2.24, 2.45) is 0 Å². The van der Waals surface area contributed by atoms with E-state index in [1.807, 2.05) is 0 Å². The molecule has 0 aromatic rings. The molecule has 0 aliphatic heterocycles. The molecule has 0 saturated carbocycles. The lowest BCUT2D eigenvalue weighted by molar-refractivity contribution is -0.135. The largest absolute Gasteiger partial charge is 0.389 e. The van der Waals surface area contributed by atoms with E-state index in [2.05, 4.69) is 10.6 Å². The molecule has 0 aliphatic rings. The molecule has 1 amide bonds. The number of halogens is 3. The molecule has 2 N–H and O–H groups in total. The number of carbonyl (C=O) groups is 1. The Morgan fingerprint density at radius 1 is 1.29 bits per heavy atom. The second-order valence-corrected chi connectivity index (χ2v) is 2.89. The molecule has 14 heavy (non-hydrogen) atoms. The molecule has 0 spiro atoms. The average Bonchev–Trinajstić information content (AvgIpc) is 2.08. The maximum atomic E-state index is 11.7. The van der Waals surface area contributed by atoms with Crippen LogP contribution in [0.25, 0.3) is 0 Å². The zero-order valence-electron chi connectivity index (χ0n) is 8.08. The zero-order chi connectivity index (χ0) is 11.0. The molecule has 0 aliphatic carbocycles. The zero-order valence-corrected chi connectivity index (χ0v) is 8.08. The van der Waals surface area contributed by atoms with E-state index in [1.54, 1.807) is 0 Å². The fourth-order valence-electron chi connectivity index (χ4n) is 0.866.